The zero-order chi connectivity index (χ0) is 17.3. The highest BCUT2D eigenvalue weighted by Crippen LogP contribution is 2.34. The number of hydrogen-bond donors (Lipinski definition) is 3. The van der Waals surface area contributed by atoms with Crippen molar-refractivity contribution in [2.24, 2.45) is 0 Å². The third kappa shape index (κ3) is 3.14. The van der Waals surface area contributed by atoms with Gasteiger partial charge in [0.15, 0.2) is 0 Å². The summed E-state index contributed by atoms with van der Waals surface area (Å²) in [5.41, 5.74) is 1.97. The van der Waals surface area contributed by atoms with Crippen molar-refractivity contribution in [2.75, 3.05) is 10.6 Å². The molecule has 0 saturated heterocycles. The van der Waals surface area contributed by atoms with Gasteiger partial charge in [0.1, 0.15) is 5.82 Å². The number of carbonyl (C=O) groups excluding carboxylic acids is 2. The maximum Gasteiger partial charge on any atom is 0.232 e. The second kappa shape index (κ2) is 6.41. The minimum atomic E-state index is -0.738. The molecule has 0 saturated carbocycles. The SMILES string of the molecule is CC(O)c1ccccc1NC(=O)C1CC(=O)Nc2cc(F)ccc21. The Balaban J connectivity index is 1.90. The molecule has 0 radical (unpaired) electrons. The van der Waals surface area contributed by atoms with Crippen molar-refractivity contribution in [2.45, 2.75) is 25.4 Å². The van der Waals surface area contributed by atoms with Crippen LogP contribution in [0.1, 0.15) is 36.5 Å². The van der Waals surface area contributed by atoms with Gasteiger partial charge in [-0.15, -0.1) is 0 Å². The van der Waals surface area contributed by atoms with E-state index in [-0.39, 0.29) is 18.2 Å². The molecule has 1 aliphatic heterocycles. The van der Waals surface area contributed by atoms with E-state index in [9.17, 15) is 19.1 Å². The Morgan fingerprint density at radius 2 is 2.08 bits per heavy atom. The van der Waals surface area contributed by atoms with Gasteiger partial charge < -0.3 is 15.7 Å². The van der Waals surface area contributed by atoms with Crippen LogP contribution in [0, 0.1) is 5.82 Å². The summed E-state index contributed by atoms with van der Waals surface area (Å²) in [7, 11) is 0. The van der Waals surface area contributed by atoms with Crippen LogP contribution in [0.3, 0.4) is 0 Å². The minimum Gasteiger partial charge on any atom is -0.389 e. The van der Waals surface area contributed by atoms with Crippen LogP contribution in [0.4, 0.5) is 15.8 Å². The number of carbonyl (C=O) groups is 2. The maximum atomic E-state index is 13.4. The molecule has 2 unspecified atom stereocenters. The van der Waals surface area contributed by atoms with Crippen LogP contribution < -0.4 is 10.6 Å². The molecule has 0 bridgehead atoms. The lowest BCUT2D eigenvalue weighted by atomic mass is 9.89. The molecule has 24 heavy (non-hydrogen) atoms. The maximum absolute atomic E-state index is 13.4. The molecule has 3 N–H and O–H groups in total. The molecule has 3 rings (SSSR count). The van der Waals surface area contributed by atoms with E-state index in [1.165, 1.54) is 18.2 Å². The minimum absolute atomic E-state index is 0.0126. The van der Waals surface area contributed by atoms with E-state index in [1.54, 1.807) is 31.2 Å². The van der Waals surface area contributed by atoms with E-state index in [1.807, 2.05) is 0 Å². The first-order chi connectivity index (χ1) is 11.5. The highest BCUT2D eigenvalue weighted by molar-refractivity contribution is 6.05. The van der Waals surface area contributed by atoms with E-state index in [0.29, 0.717) is 22.5 Å². The Hall–Kier alpha value is -2.73. The lowest BCUT2D eigenvalue weighted by molar-refractivity contribution is -0.123. The highest BCUT2D eigenvalue weighted by atomic mass is 19.1. The molecule has 5 nitrogen and oxygen atoms in total. The molecule has 2 amide bonds. The number of fused-ring (bicyclic) bond motifs is 1. The Bertz CT molecular complexity index is 805. The van der Waals surface area contributed by atoms with E-state index in [4.69, 9.17) is 0 Å². The van der Waals surface area contributed by atoms with Crippen LogP contribution in [0.25, 0.3) is 0 Å². The summed E-state index contributed by atoms with van der Waals surface area (Å²) in [6.07, 6.45) is -0.751. The van der Waals surface area contributed by atoms with E-state index >= 15 is 0 Å². The quantitative estimate of drug-likeness (QED) is 0.810. The monoisotopic (exact) mass is 328 g/mol. The zero-order valence-corrected chi connectivity index (χ0v) is 13.0. The summed E-state index contributed by atoms with van der Waals surface area (Å²) < 4.78 is 13.4. The molecule has 1 aliphatic rings. The van der Waals surface area contributed by atoms with Crippen LogP contribution in [0.2, 0.25) is 0 Å². The largest absolute Gasteiger partial charge is 0.389 e. The summed E-state index contributed by atoms with van der Waals surface area (Å²) in [5.74, 6) is -1.89. The van der Waals surface area contributed by atoms with E-state index in [0.717, 1.165) is 0 Å². The second-order valence-corrected chi connectivity index (χ2v) is 5.79. The van der Waals surface area contributed by atoms with Gasteiger partial charge in [-0.1, -0.05) is 24.3 Å². The molecular weight excluding hydrogens is 311 g/mol. The number of benzene rings is 2. The van der Waals surface area contributed by atoms with Crippen molar-refractivity contribution in [3.05, 3.63) is 59.4 Å². The van der Waals surface area contributed by atoms with Crippen molar-refractivity contribution >= 4 is 23.2 Å². The third-order valence-electron chi connectivity index (χ3n) is 4.04. The van der Waals surface area contributed by atoms with Crippen molar-refractivity contribution in [1.82, 2.24) is 0 Å². The Kier molecular flexibility index (Phi) is 4.31. The summed E-state index contributed by atoms with van der Waals surface area (Å²) in [6.45, 7) is 1.61. The highest BCUT2D eigenvalue weighted by Gasteiger charge is 2.31. The van der Waals surface area contributed by atoms with Gasteiger partial charge in [0.05, 0.1) is 12.0 Å². The van der Waals surface area contributed by atoms with Crippen molar-refractivity contribution in [1.29, 1.82) is 0 Å². The summed E-state index contributed by atoms with van der Waals surface area (Å²) in [4.78, 5) is 24.5. The standard InChI is InChI=1S/C18H17FN2O3/c1-10(22)12-4-2-3-5-15(12)21-18(24)14-9-17(23)20-16-8-11(19)6-7-13(14)16/h2-8,10,14,22H,9H2,1H3,(H,20,23)(H,21,24). The number of aliphatic hydroxyl groups is 1. The van der Waals surface area contributed by atoms with Crippen LogP contribution in [0.15, 0.2) is 42.5 Å². The van der Waals surface area contributed by atoms with Gasteiger partial charge in [-0.3, -0.25) is 9.59 Å². The molecule has 2 aromatic carbocycles. The molecule has 0 aromatic heterocycles. The van der Waals surface area contributed by atoms with Gasteiger partial charge in [0.25, 0.3) is 0 Å². The van der Waals surface area contributed by atoms with Crippen molar-refractivity contribution in [3.63, 3.8) is 0 Å². The Morgan fingerprint density at radius 1 is 1.33 bits per heavy atom. The predicted molar refractivity (Wildman–Crippen MR) is 88.1 cm³/mol. The van der Waals surface area contributed by atoms with Crippen LogP contribution >= 0.6 is 0 Å². The first-order valence-corrected chi connectivity index (χ1v) is 7.63. The summed E-state index contributed by atoms with van der Waals surface area (Å²) in [5, 5.41) is 15.1. The van der Waals surface area contributed by atoms with Gasteiger partial charge in [-0.2, -0.15) is 0 Å². The topological polar surface area (TPSA) is 78.4 Å². The van der Waals surface area contributed by atoms with Gasteiger partial charge in [0.2, 0.25) is 11.8 Å². The van der Waals surface area contributed by atoms with Gasteiger partial charge in [-0.05, 0) is 30.7 Å². The van der Waals surface area contributed by atoms with Crippen LogP contribution in [0.5, 0.6) is 0 Å². The summed E-state index contributed by atoms with van der Waals surface area (Å²) >= 11 is 0. The Morgan fingerprint density at radius 3 is 2.83 bits per heavy atom. The molecule has 0 aliphatic carbocycles. The number of nitrogens with one attached hydrogen (secondary N) is 2. The van der Waals surface area contributed by atoms with Gasteiger partial charge in [0, 0.05) is 23.4 Å². The lowest BCUT2D eigenvalue weighted by Gasteiger charge is -2.25. The molecule has 124 valence electrons. The predicted octanol–water partition coefficient (Wildman–Crippen LogP) is 2.94. The van der Waals surface area contributed by atoms with E-state index in [2.05, 4.69) is 10.6 Å². The Labute approximate surface area is 138 Å². The van der Waals surface area contributed by atoms with Crippen LogP contribution in [-0.2, 0) is 9.59 Å². The number of hydrogen-bond acceptors (Lipinski definition) is 3. The smallest absolute Gasteiger partial charge is 0.232 e. The van der Waals surface area contributed by atoms with Gasteiger partial charge in [-0.25, -0.2) is 4.39 Å². The lowest BCUT2D eigenvalue weighted by Crippen LogP contribution is -2.31. The molecule has 2 aromatic rings. The number of halogens is 1. The fourth-order valence-corrected chi connectivity index (χ4v) is 2.87. The fourth-order valence-electron chi connectivity index (χ4n) is 2.87. The number of aliphatic hydroxyl groups excluding tert-OH is 1. The first kappa shape index (κ1) is 16.1. The van der Waals surface area contributed by atoms with E-state index < -0.39 is 17.8 Å². The summed E-state index contributed by atoms with van der Waals surface area (Å²) in [6, 6.07) is 10.9. The van der Waals surface area contributed by atoms with Crippen molar-refractivity contribution < 1.29 is 19.1 Å². The number of anilines is 2. The number of amides is 2. The average Bonchev–Trinajstić information content (AvgIpc) is 2.53. The molecule has 2 atom stereocenters. The molecule has 1 heterocycles. The normalized spacial score (nSPS) is 17.6. The fraction of sp³-hybridized carbons (Fsp3) is 0.222. The number of para-hydroxylation sites is 1. The zero-order valence-electron chi connectivity index (χ0n) is 13.0. The molecule has 0 fully saturated rings. The molecular formula is C18H17FN2O3. The average molecular weight is 328 g/mol. The third-order valence-corrected chi connectivity index (χ3v) is 4.04. The number of rotatable bonds is 3. The van der Waals surface area contributed by atoms with Crippen molar-refractivity contribution in [3.8, 4) is 0 Å². The molecule has 6 heteroatoms. The second-order valence-electron chi connectivity index (χ2n) is 5.79. The first-order valence-electron chi connectivity index (χ1n) is 7.63. The van der Waals surface area contributed by atoms with Gasteiger partial charge >= 0.3 is 0 Å². The van der Waals surface area contributed by atoms with Crippen LogP contribution in [-0.4, -0.2) is 16.9 Å². The molecule has 0 spiro atoms.